The highest BCUT2D eigenvalue weighted by molar-refractivity contribution is 6.67. The summed E-state index contributed by atoms with van der Waals surface area (Å²) >= 11 is 5.47. The van der Waals surface area contributed by atoms with E-state index in [0.29, 0.717) is 6.54 Å². The number of nitrogens with zero attached hydrogens (tertiary/aromatic N) is 1. The Balaban J connectivity index is 2.64. The Hall–Kier alpha value is -1.09. The predicted molar refractivity (Wildman–Crippen MR) is 67.8 cm³/mol. The van der Waals surface area contributed by atoms with Crippen LogP contribution in [0.3, 0.4) is 0 Å². The van der Waals surface area contributed by atoms with Crippen molar-refractivity contribution in [3.05, 3.63) is 33.2 Å². The average Bonchev–Trinajstić information content (AvgIpc) is 2.32. The highest BCUT2D eigenvalue weighted by atomic mass is 35.5. The number of carbonyl (C=O) groups is 1. The molecule has 0 spiro atoms. The molecular formula is C13H16ClNO2. The lowest BCUT2D eigenvalue weighted by Crippen LogP contribution is -2.30. The topological polar surface area (TPSA) is 39.1 Å². The maximum Gasteiger partial charge on any atom is 0.262 e. The first-order valence-corrected chi connectivity index (χ1v) is 6.48. The first kappa shape index (κ1) is 12.4. The lowest BCUT2D eigenvalue weighted by Gasteiger charge is -2.21. The molecule has 0 atom stereocenters. The van der Waals surface area contributed by atoms with Crippen molar-refractivity contribution < 1.29 is 4.79 Å². The average molecular weight is 254 g/mol. The fourth-order valence-electron chi connectivity index (χ4n) is 2.48. The summed E-state index contributed by atoms with van der Waals surface area (Å²) in [6.07, 6.45) is 4.99. The monoisotopic (exact) mass is 253 g/mol. The summed E-state index contributed by atoms with van der Waals surface area (Å²) in [4.78, 5) is 23.4. The molecule has 1 heterocycles. The molecule has 4 heteroatoms. The molecular weight excluding hydrogens is 238 g/mol. The highest BCUT2D eigenvalue weighted by Gasteiger charge is 2.19. The summed E-state index contributed by atoms with van der Waals surface area (Å²) in [5, 5.41) is -0.645. The number of halogens is 1. The number of pyridine rings is 1. The predicted octanol–water partition coefficient (Wildman–Crippen LogP) is 2.52. The summed E-state index contributed by atoms with van der Waals surface area (Å²) < 4.78 is 1.74. The van der Waals surface area contributed by atoms with Crippen molar-refractivity contribution in [2.75, 3.05) is 0 Å². The third-order valence-corrected chi connectivity index (χ3v) is 3.46. The molecule has 0 aromatic carbocycles. The number of fused-ring (bicyclic) bond motifs is 1. The van der Waals surface area contributed by atoms with Crippen molar-refractivity contribution in [1.82, 2.24) is 4.57 Å². The van der Waals surface area contributed by atoms with E-state index in [0.717, 1.165) is 43.4 Å². The third kappa shape index (κ3) is 2.29. The zero-order valence-corrected chi connectivity index (χ0v) is 10.7. The first-order valence-electron chi connectivity index (χ1n) is 6.10. The van der Waals surface area contributed by atoms with Crippen LogP contribution in [0.4, 0.5) is 0 Å². The van der Waals surface area contributed by atoms with Crippen molar-refractivity contribution >= 4 is 16.8 Å². The van der Waals surface area contributed by atoms with Crippen LogP contribution in [0.5, 0.6) is 0 Å². The van der Waals surface area contributed by atoms with Gasteiger partial charge in [0.05, 0.1) is 5.56 Å². The number of carbonyl (C=O) groups excluding carboxylic acids is 1. The van der Waals surface area contributed by atoms with Gasteiger partial charge in [-0.15, -0.1) is 0 Å². The van der Waals surface area contributed by atoms with Crippen LogP contribution in [0.1, 0.15) is 47.8 Å². The number of hydrogen-bond donors (Lipinski definition) is 0. The number of rotatable bonds is 3. The van der Waals surface area contributed by atoms with Crippen molar-refractivity contribution in [2.24, 2.45) is 0 Å². The van der Waals surface area contributed by atoms with Crippen molar-refractivity contribution in [1.29, 1.82) is 0 Å². The molecule has 1 aliphatic rings. The van der Waals surface area contributed by atoms with Crippen LogP contribution < -0.4 is 5.56 Å². The molecule has 0 aliphatic heterocycles. The Labute approximate surface area is 105 Å². The van der Waals surface area contributed by atoms with Crippen LogP contribution in [0.2, 0.25) is 0 Å². The molecule has 1 aromatic heterocycles. The fraction of sp³-hybridized carbons (Fsp3) is 0.538. The second kappa shape index (κ2) is 5.05. The van der Waals surface area contributed by atoms with Gasteiger partial charge in [-0.05, 0) is 55.3 Å². The third-order valence-electron chi connectivity index (χ3n) is 3.26. The largest absolute Gasteiger partial charge is 0.312 e. The van der Waals surface area contributed by atoms with Gasteiger partial charge in [-0.25, -0.2) is 0 Å². The number of aryl methyl sites for hydroxylation is 1. The van der Waals surface area contributed by atoms with Crippen LogP contribution >= 0.6 is 11.6 Å². The summed E-state index contributed by atoms with van der Waals surface area (Å²) in [6, 6.07) is 1.69. The molecule has 17 heavy (non-hydrogen) atoms. The second-order valence-corrected chi connectivity index (χ2v) is 4.81. The zero-order valence-electron chi connectivity index (χ0n) is 9.96. The van der Waals surface area contributed by atoms with E-state index in [1.807, 2.05) is 6.92 Å². The summed E-state index contributed by atoms with van der Waals surface area (Å²) in [5.41, 5.74) is 2.12. The van der Waals surface area contributed by atoms with Gasteiger partial charge in [0, 0.05) is 12.2 Å². The molecule has 3 nitrogen and oxygen atoms in total. The van der Waals surface area contributed by atoms with Crippen LogP contribution in [-0.2, 0) is 19.4 Å². The van der Waals surface area contributed by atoms with Crippen LogP contribution in [0, 0.1) is 0 Å². The lowest BCUT2D eigenvalue weighted by atomic mass is 9.94. The molecule has 0 radical (unpaired) electrons. The molecule has 0 N–H and O–H groups in total. The summed E-state index contributed by atoms with van der Waals surface area (Å²) in [6.45, 7) is 2.69. The fourth-order valence-corrected chi connectivity index (χ4v) is 2.62. The Bertz CT molecular complexity index is 505. The second-order valence-electron chi connectivity index (χ2n) is 4.47. The molecule has 1 aromatic rings. The van der Waals surface area contributed by atoms with Gasteiger partial charge in [-0.2, -0.15) is 0 Å². The molecule has 1 aliphatic carbocycles. The minimum Gasteiger partial charge on any atom is -0.312 e. The van der Waals surface area contributed by atoms with E-state index < -0.39 is 5.24 Å². The van der Waals surface area contributed by atoms with Crippen molar-refractivity contribution in [2.45, 2.75) is 45.6 Å². The van der Waals surface area contributed by atoms with Gasteiger partial charge in [0.1, 0.15) is 0 Å². The van der Waals surface area contributed by atoms with E-state index in [-0.39, 0.29) is 11.1 Å². The van der Waals surface area contributed by atoms with Gasteiger partial charge < -0.3 is 4.57 Å². The van der Waals surface area contributed by atoms with E-state index in [1.54, 1.807) is 10.6 Å². The minimum absolute atomic E-state index is 0.126. The Morgan fingerprint density at radius 1 is 1.41 bits per heavy atom. The summed E-state index contributed by atoms with van der Waals surface area (Å²) in [7, 11) is 0. The molecule has 92 valence electrons. The van der Waals surface area contributed by atoms with E-state index in [1.165, 1.54) is 0 Å². The molecule has 0 unspecified atom stereocenters. The standard InChI is InChI=1S/C13H16ClNO2/c1-2-7-15-11-6-4-3-5-9(11)8-10(12(14)16)13(15)17/h8H,2-7H2,1H3. The normalized spacial score (nSPS) is 14.5. The van der Waals surface area contributed by atoms with Crippen molar-refractivity contribution in [3.8, 4) is 0 Å². The molecule has 0 amide bonds. The van der Waals surface area contributed by atoms with Crippen molar-refractivity contribution in [3.63, 3.8) is 0 Å². The molecule has 0 saturated heterocycles. The van der Waals surface area contributed by atoms with E-state index in [4.69, 9.17) is 11.6 Å². The molecule has 2 rings (SSSR count). The van der Waals surface area contributed by atoms with Gasteiger partial charge >= 0.3 is 0 Å². The van der Waals surface area contributed by atoms with E-state index >= 15 is 0 Å². The highest BCUT2D eigenvalue weighted by Crippen LogP contribution is 2.21. The first-order chi connectivity index (χ1) is 8.15. The van der Waals surface area contributed by atoms with Crippen LogP contribution in [0.25, 0.3) is 0 Å². The van der Waals surface area contributed by atoms with Gasteiger partial charge in [0.2, 0.25) is 0 Å². The minimum atomic E-state index is -0.645. The van der Waals surface area contributed by atoms with Gasteiger partial charge in [0.15, 0.2) is 0 Å². The quantitative estimate of drug-likeness (QED) is 0.777. The number of hydrogen-bond acceptors (Lipinski definition) is 2. The SMILES string of the molecule is CCCn1c2c(cc(C(=O)Cl)c1=O)CCCC2. The van der Waals surface area contributed by atoms with Crippen LogP contribution in [-0.4, -0.2) is 9.81 Å². The Morgan fingerprint density at radius 2 is 2.12 bits per heavy atom. The van der Waals surface area contributed by atoms with E-state index in [2.05, 4.69) is 0 Å². The van der Waals surface area contributed by atoms with E-state index in [9.17, 15) is 9.59 Å². The Kier molecular flexibility index (Phi) is 3.67. The lowest BCUT2D eigenvalue weighted by molar-refractivity contribution is 0.107. The Morgan fingerprint density at radius 3 is 2.76 bits per heavy atom. The molecule has 0 bridgehead atoms. The maximum atomic E-state index is 12.1. The summed E-state index contributed by atoms with van der Waals surface area (Å²) in [5.74, 6) is 0. The molecule has 0 saturated carbocycles. The van der Waals surface area contributed by atoms with Crippen LogP contribution in [0.15, 0.2) is 10.9 Å². The zero-order chi connectivity index (χ0) is 12.4. The van der Waals surface area contributed by atoms with Gasteiger partial charge in [-0.1, -0.05) is 6.92 Å². The molecule has 0 fully saturated rings. The van der Waals surface area contributed by atoms with Gasteiger partial charge in [0.25, 0.3) is 10.8 Å². The smallest absolute Gasteiger partial charge is 0.262 e. The van der Waals surface area contributed by atoms with Gasteiger partial charge in [-0.3, -0.25) is 9.59 Å². The number of aromatic nitrogens is 1. The maximum absolute atomic E-state index is 12.1.